The number of phenols is 1. The van der Waals surface area contributed by atoms with E-state index < -0.39 is 47.9 Å². The molecule has 0 radical (unpaired) electrons. The molecule has 0 aliphatic rings. The number of phenolic OH excluding ortho intramolecular Hbond substituents is 1. The van der Waals surface area contributed by atoms with Crippen molar-refractivity contribution in [1.82, 2.24) is 16.0 Å². The van der Waals surface area contributed by atoms with E-state index in [-0.39, 0.29) is 24.0 Å². The molecule has 0 bridgehead atoms. The van der Waals surface area contributed by atoms with E-state index >= 15 is 0 Å². The fraction of sp³-hybridized carbons (Fsp3) is 0.583. The molecule has 1 aromatic carbocycles. The van der Waals surface area contributed by atoms with Crippen LogP contribution in [0.3, 0.4) is 0 Å². The number of hydrogen-bond donors (Lipinski definition) is 6. The van der Waals surface area contributed by atoms with E-state index in [4.69, 9.17) is 10.8 Å². The van der Waals surface area contributed by atoms with Crippen LogP contribution in [0.2, 0.25) is 0 Å². The molecule has 7 N–H and O–H groups in total. The van der Waals surface area contributed by atoms with Gasteiger partial charge in [-0.05, 0) is 42.9 Å². The second-order valence-corrected chi connectivity index (χ2v) is 9.11. The zero-order valence-electron chi connectivity index (χ0n) is 20.5. The Bertz CT molecular complexity index is 842. The maximum Gasteiger partial charge on any atom is 0.325 e. The van der Waals surface area contributed by atoms with Gasteiger partial charge in [0.05, 0.1) is 6.04 Å². The predicted octanol–water partition coefficient (Wildman–Crippen LogP) is 0.913. The van der Waals surface area contributed by atoms with Crippen molar-refractivity contribution in [3.05, 3.63) is 29.8 Å². The van der Waals surface area contributed by atoms with E-state index in [0.29, 0.717) is 18.4 Å². The van der Waals surface area contributed by atoms with Gasteiger partial charge in [-0.2, -0.15) is 0 Å². The van der Waals surface area contributed by atoms with Gasteiger partial charge >= 0.3 is 5.97 Å². The SMILES string of the molecule is CCC(C)C(NC(=O)C(Cc1ccc(O)cc1)NC(=O)C(N)CC(C)C)C(=O)NC(C)C(=O)O. The summed E-state index contributed by atoms with van der Waals surface area (Å²) >= 11 is 0. The molecule has 0 aliphatic heterocycles. The highest BCUT2D eigenvalue weighted by Crippen LogP contribution is 2.14. The Labute approximate surface area is 200 Å². The van der Waals surface area contributed by atoms with Gasteiger partial charge in [0, 0.05) is 6.42 Å². The van der Waals surface area contributed by atoms with E-state index in [1.165, 1.54) is 19.1 Å². The van der Waals surface area contributed by atoms with E-state index in [1.807, 2.05) is 20.8 Å². The number of carbonyl (C=O) groups excluding carboxylic acids is 3. The Morgan fingerprint density at radius 2 is 1.50 bits per heavy atom. The first-order valence-electron chi connectivity index (χ1n) is 11.5. The largest absolute Gasteiger partial charge is 0.508 e. The van der Waals surface area contributed by atoms with Crippen LogP contribution in [-0.4, -0.2) is 58.1 Å². The summed E-state index contributed by atoms with van der Waals surface area (Å²) in [6, 6.07) is 2.23. The highest BCUT2D eigenvalue weighted by molar-refractivity contribution is 5.94. The molecule has 0 fully saturated rings. The zero-order valence-corrected chi connectivity index (χ0v) is 20.5. The first-order valence-corrected chi connectivity index (χ1v) is 11.5. The standard InChI is InChI=1S/C24H38N4O6/c1-6-14(4)20(23(32)26-15(5)24(33)34)28-22(31)19(12-16-7-9-17(29)10-8-16)27-21(30)18(25)11-13(2)3/h7-10,13-15,18-20,29H,6,11-12,25H2,1-5H3,(H,26,32)(H,27,30)(H,28,31)(H,33,34). The van der Waals surface area contributed by atoms with Crippen molar-refractivity contribution in [3.63, 3.8) is 0 Å². The quantitative estimate of drug-likeness (QED) is 0.245. The minimum absolute atomic E-state index is 0.0637. The summed E-state index contributed by atoms with van der Waals surface area (Å²) in [5.74, 6) is -2.95. The minimum Gasteiger partial charge on any atom is -0.508 e. The van der Waals surface area contributed by atoms with Crippen molar-refractivity contribution in [2.45, 2.75) is 78.0 Å². The number of rotatable bonds is 13. The Morgan fingerprint density at radius 3 is 2.00 bits per heavy atom. The van der Waals surface area contributed by atoms with Crippen LogP contribution in [0.4, 0.5) is 0 Å². The summed E-state index contributed by atoms with van der Waals surface area (Å²) in [5.41, 5.74) is 6.67. The Kier molecular flexibility index (Phi) is 11.5. The van der Waals surface area contributed by atoms with Gasteiger partial charge in [-0.1, -0.05) is 46.2 Å². The first-order chi connectivity index (χ1) is 15.8. The molecule has 5 unspecified atom stereocenters. The summed E-state index contributed by atoms with van der Waals surface area (Å²) < 4.78 is 0. The van der Waals surface area contributed by atoms with Crippen LogP contribution in [-0.2, 0) is 25.6 Å². The average Bonchev–Trinajstić information content (AvgIpc) is 2.76. The van der Waals surface area contributed by atoms with Crippen molar-refractivity contribution in [2.24, 2.45) is 17.6 Å². The lowest BCUT2D eigenvalue weighted by Gasteiger charge is -2.28. The Hall–Kier alpha value is -3.14. The molecule has 1 rings (SSSR count). The molecular weight excluding hydrogens is 440 g/mol. The number of nitrogens with one attached hydrogen (secondary N) is 3. The fourth-order valence-corrected chi connectivity index (χ4v) is 3.29. The molecule has 0 aromatic heterocycles. The number of carboxylic acids is 1. The topological polar surface area (TPSA) is 171 Å². The Morgan fingerprint density at radius 1 is 0.912 bits per heavy atom. The lowest BCUT2D eigenvalue weighted by molar-refractivity contribution is -0.142. The van der Waals surface area contributed by atoms with Crippen molar-refractivity contribution in [3.8, 4) is 5.75 Å². The molecule has 0 aliphatic carbocycles. The fourth-order valence-electron chi connectivity index (χ4n) is 3.29. The highest BCUT2D eigenvalue weighted by Gasteiger charge is 2.32. The maximum absolute atomic E-state index is 13.2. The average molecular weight is 479 g/mol. The number of nitrogens with two attached hydrogens (primary N) is 1. The molecule has 3 amide bonds. The summed E-state index contributed by atoms with van der Waals surface area (Å²) in [4.78, 5) is 49.8. The predicted molar refractivity (Wildman–Crippen MR) is 128 cm³/mol. The molecule has 1 aromatic rings. The van der Waals surface area contributed by atoms with Gasteiger partial charge in [0.1, 0.15) is 23.9 Å². The Balaban J connectivity index is 3.11. The van der Waals surface area contributed by atoms with Crippen molar-refractivity contribution < 1.29 is 29.4 Å². The molecule has 0 saturated carbocycles. The number of aliphatic carboxylic acids is 1. The zero-order chi connectivity index (χ0) is 26.0. The van der Waals surface area contributed by atoms with E-state index in [2.05, 4.69) is 16.0 Å². The minimum atomic E-state index is -1.20. The molecule has 10 heteroatoms. The third-order valence-corrected chi connectivity index (χ3v) is 5.59. The van der Waals surface area contributed by atoms with Gasteiger partial charge in [0.2, 0.25) is 17.7 Å². The summed E-state index contributed by atoms with van der Waals surface area (Å²) in [6.45, 7) is 8.81. The summed E-state index contributed by atoms with van der Waals surface area (Å²) in [5, 5.41) is 26.4. The third kappa shape index (κ3) is 9.38. The molecule has 5 atom stereocenters. The van der Waals surface area contributed by atoms with E-state index in [1.54, 1.807) is 19.1 Å². The second-order valence-electron chi connectivity index (χ2n) is 9.11. The molecule has 34 heavy (non-hydrogen) atoms. The van der Waals surface area contributed by atoms with Crippen LogP contribution in [0.5, 0.6) is 5.75 Å². The maximum atomic E-state index is 13.2. The van der Waals surface area contributed by atoms with Gasteiger partial charge < -0.3 is 31.9 Å². The molecule has 0 saturated heterocycles. The lowest BCUT2D eigenvalue weighted by Crippen LogP contribution is -2.59. The number of amides is 3. The number of carboxylic acid groups (broad SMARTS) is 1. The van der Waals surface area contributed by atoms with Gasteiger partial charge in [0.25, 0.3) is 0 Å². The van der Waals surface area contributed by atoms with E-state index in [0.717, 1.165) is 0 Å². The molecule has 190 valence electrons. The van der Waals surface area contributed by atoms with Gasteiger partial charge in [0.15, 0.2) is 0 Å². The monoisotopic (exact) mass is 478 g/mol. The van der Waals surface area contributed by atoms with Crippen LogP contribution < -0.4 is 21.7 Å². The van der Waals surface area contributed by atoms with E-state index in [9.17, 15) is 24.3 Å². The number of benzene rings is 1. The van der Waals surface area contributed by atoms with Crippen molar-refractivity contribution in [2.75, 3.05) is 0 Å². The first kappa shape index (κ1) is 28.9. The molecular formula is C24H38N4O6. The molecule has 10 nitrogen and oxygen atoms in total. The van der Waals surface area contributed by atoms with Gasteiger partial charge in [-0.3, -0.25) is 19.2 Å². The number of carbonyl (C=O) groups is 4. The number of aromatic hydroxyl groups is 1. The van der Waals surface area contributed by atoms with Crippen LogP contribution in [0.25, 0.3) is 0 Å². The van der Waals surface area contributed by atoms with Crippen molar-refractivity contribution >= 4 is 23.7 Å². The van der Waals surface area contributed by atoms with Crippen LogP contribution in [0, 0.1) is 11.8 Å². The smallest absolute Gasteiger partial charge is 0.325 e. The van der Waals surface area contributed by atoms with Crippen molar-refractivity contribution in [1.29, 1.82) is 0 Å². The van der Waals surface area contributed by atoms with Gasteiger partial charge in [-0.15, -0.1) is 0 Å². The summed E-state index contributed by atoms with van der Waals surface area (Å²) in [6.07, 6.45) is 1.09. The normalized spacial score (nSPS) is 15.5. The van der Waals surface area contributed by atoms with Gasteiger partial charge in [-0.25, -0.2) is 0 Å². The summed E-state index contributed by atoms with van der Waals surface area (Å²) in [7, 11) is 0. The van der Waals surface area contributed by atoms with Crippen LogP contribution in [0.15, 0.2) is 24.3 Å². The molecule has 0 heterocycles. The second kappa shape index (κ2) is 13.5. The number of hydrogen-bond acceptors (Lipinski definition) is 6. The molecule has 0 spiro atoms. The lowest BCUT2D eigenvalue weighted by atomic mass is 9.96. The third-order valence-electron chi connectivity index (χ3n) is 5.59. The van der Waals surface area contributed by atoms with Crippen LogP contribution in [0.1, 0.15) is 53.0 Å². The highest BCUT2D eigenvalue weighted by atomic mass is 16.4. The van der Waals surface area contributed by atoms with Crippen LogP contribution >= 0.6 is 0 Å².